The van der Waals surface area contributed by atoms with Crippen LogP contribution < -0.4 is 22.6 Å². The van der Waals surface area contributed by atoms with Gasteiger partial charge in [0.25, 0.3) is 0 Å². The second-order valence-electron chi connectivity index (χ2n) is 10.4. The van der Waals surface area contributed by atoms with Gasteiger partial charge in [-0.05, 0) is 62.6 Å². The summed E-state index contributed by atoms with van der Waals surface area (Å²) >= 11 is 0. The molecular formula is C26H34F4N6O3. The first-order valence-corrected chi connectivity index (χ1v) is 11.6. The summed E-state index contributed by atoms with van der Waals surface area (Å²) in [5.74, 6) is 1.18. The van der Waals surface area contributed by atoms with Gasteiger partial charge in [0.05, 0.1) is 17.2 Å². The minimum absolute atomic E-state index is 0.127. The number of ketones is 1. The molecule has 1 atom stereocenters. The van der Waals surface area contributed by atoms with Gasteiger partial charge >= 0.3 is 6.09 Å². The van der Waals surface area contributed by atoms with Crippen molar-refractivity contribution >= 4 is 23.5 Å². The second kappa shape index (κ2) is 13.6. The Labute approximate surface area is 224 Å². The Morgan fingerprint density at radius 2 is 1.33 bits per heavy atom. The van der Waals surface area contributed by atoms with Gasteiger partial charge in [-0.2, -0.15) is 5.10 Å². The van der Waals surface area contributed by atoms with Crippen LogP contribution in [-0.4, -0.2) is 41.7 Å². The molecule has 0 fully saturated rings. The molecule has 0 aliphatic carbocycles. The van der Waals surface area contributed by atoms with Crippen LogP contribution in [0.3, 0.4) is 0 Å². The number of aliphatic imine (C=N–C) groups is 1. The first-order valence-electron chi connectivity index (χ1n) is 11.6. The molecule has 0 spiro atoms. The molecule has 0 saturated heterocycles. The van der Waals surface area contributed by atoms with Gasteiger partial charge in [0, 0.05) is 0 Å². The number of Topliss-reactive ketones (excluding diaryl/α,β-unsaturated/α-hetero) is 1. The van der Waals surface area contributed by atoms with Crippen molar-refractivity contribution in [1.29, 1.82) is 0 Å². The first kappa shape index (κ1) is 32.9. The van der Waals surface area contributed by atoms with E-state index in [2.05, 4.69) is 15.4 Å². The lowest BCUT2D eigenvalue weighted by Crippen LogP contribution is -2.51. The fourth-order valence-electron chi connectivity index (χ4n) is 3.00. The molecule has 0 aliphatic heterocycles. The van der Waals surface area contributed by atoms with Gasteiger partial charge in [-0.3, -0.25) is 9.79 Å². The standard InChI is InChI=1S/C19H27F2N3O3.C7H7F2N3/c1-18(2,3)15(24-17(26)27-19(4,5)6)14(25)10-23-16(22)12-9-11(20)7-8-13(12)21;8-4-1-2-6(9)5(3-4)7(10)12-11/h7-9,15H,10H2,1-6H3,(H2,22,23)(H,24,26);1-3H,11H2,(H2,10,12)/t15-;/m0./s1. The normalized spacial score (nSPS) is 13.2. The number of nitrogens with two attached hydrogens (primary N) is 3. The van der Waals surface area contributed by atoms with E-state index in [1.54, 1.807) is 41.5 Å². The third-order valence-electron chi connectivity index (χ3n) is 4.80. The average Bonchev–Trinajstić information content (AvgIpc) is 2.82. The van der Waals surface area contributed by atoms with E-state index in [4.69, 9.17) is 22.0 Å². The third-order valence-corrected chi connectivity index (χ3v) is 4.80. The van der Waals surface area contributed by atoms with Crippen LogP contribution in [0.4, 0.5) is 22.4 Å². The number of benzene rings is 2. The van der Waals surface area contributed by atoms with Crippen LogP contribution in [0, 0.1) is 28.7 Å². The molecule has 39 heavy (non-hydrogen) atoms. The lowest BCUT2D eigenvalue weighted by Gasteiger charge is -2.31. The second-order valence-corrected chi connectivity index (χ2v) is 10.4. The van der Waals surface area contributed by atoms with E-state index in [1.807, 2.05) is 0 Å². The number of halogens is 4. The number of hydrogen-bond donors (Lipinski definition) is 4. The van der Waals surface area contributed by atoms with Gasteiger partial charge in [0.1, 0.15) is 41.3 Å². The Morgan fingerprint density at radius 3 is 1.74 bits per heavy atom. The monoisotopic (exact) mass is 554 g/mol. The van der Waals surface area contributed by atoms with Gasteiger partial charge in [0.15, 0.2) is 11.6 Å². The Kier molecular flexibility index (Phi) is 11.4. The SMILES string of the molecule is CC(C)(C)OC(=O)N[C@@H](C(=O)CN=C(N)c1cc(F)ccc1F)C(C)(C)C.NN=C(N)c1cc(F)ccc1F. The topological polar surface area (TPSA) is 158 Å². The summed E-state index contributed by atoms with van der Waals surface area (Å²) in [5.41, 5.74) is 9.18. The van der Waals surface area contributed by atoms with Crippen LogP contribution in [-0.2, 0) is 9.53 Å². The molecule has 1 amide bonds. The number of hydrazone groups is 1. The maximum atomic E-state index is 13.7. The van der Waals surface area contributed by atoms with Gasteiger partial charge in [-0.15, -0.1) is 0 Å². The zero-order chi connectivity index (χ0) is 30.1. The number of amides is 1. The Hall–Kier alpha value is -4.16. The summed E-state index contributed by atoms with van der Waals surface area (Å²) in [6, 6.07) is 4.76. The Balaban J connectivity index is 0.000000525. The highest BCUT2D eigenvalue weighted by Gasteiger charge is 2.33. The number of nitrogens with zero attached hydrogens (tertiary/aromatic N) is 2. The van der Waals surface area contributed by atoms with Crippen molar-refractivity contribution in [3.05, 3.63) is 70.8 Å². The predicted octanol–water partition coefficient (Wildman–Crippen LogP) is 3.72. The molecule has 0 bridgehead atoms. The highest BCUT2D eigenvalue weighted by molar-refractivity contribution is 6.00. The van der Waals surface area contributed by atoms with Crippen LogP contribution in [0.25, 0.3) is 0 Å². The quantitative estimate of drug-likeness (QED) is 0.140. The van der Waals surface area contributed by atoms with Crippen molar-refractivity contribution in [2.24, 2.45) is 32.8 Å². The van der Waals surface area contributed by atoms with E-state index in [9.17, 15) is 27.2 Å². The number of ether oxygens (including phenoxy) is 1. The molecule has 2 rings (SSSR count). The highest BCUT2D eigenvalue weighted by atomic mass is 19.1. The van der Waals surface area contributed by atoms with Crippen LogP contribution in [0.5, 0.6) is 0 Å². The van der Waals surface area contributed by atoms with E-state index in [0.717, 1.165) is 36.4 Å². The Morgan fingerprint density at radius 1 is 0.872 bits per heavy atom. The molecule has 0 unspecified atom stereocenters. The van der Waals surface area contributed by atoms with Crippen LogP contribution in [0.1, 0.15) is 52.7 Å². The summed E-state index contributed by atoms with van der Waals surface area (Å²) in [6.07, 6.45) is -0.732. The predicted molar refractivity (Wildman–Crippen MR) is 141 cm³/mol. The number of carbonyl (C=O) groups is 2. The van der Waals surface area contributed by atoms with Crippen molar-refractivity contribution in [2.75, 3.05) is 6.54 Å². The van der Waals surface area contributed by atoms with Crippen molar-refractivity contribution in [1.82, 2.24) is 5.32 Å². The maximum absolute atomic E-state index is 13.7. The fourth-order valence-corrected chi connectivity index (χ4v) is 3.00. The Bertz CT molecular complexity index is 1240. The molecule has 214 valence electrons. The van der Waals surface area contributed by atoms with E-state index in [-0.39, 0.29) is 22.8 Å². The first-order chi connectivity index (χ1) is 17.9. The van der Waals surface area contributed by atoms with Crippen molar-refractivity contribution in [2.45, 2.75) is 53.2 Å². The lowest BCUT2D eigenvalue weighted by molar-refractivity contribution is -0.122. The number of carbonyl (C=O) groups excluding carboxylic acids is 2. The number of amidine groups is 2. The fraction of sp³-hybridized carbons (Fsp3) is 0.385. The van der Waals surface area contributed by atoms with Gasteiger partial charge < -0.3 is 27.4 Å². The molecule has 0 heterocycles. The smallest absolute Gasteiger partial charge is 0.408 e. The summed E-state index contributed by atoms with van der Waals surface area (Å²) in [7, 11) is 0. The third kappa shape index (κ3) is 11.0. The molecule has 0 radical (unpaired) electrons. The largest absolute Gasteiger partial charge is 0.444 e. The molecule has 7 N–H and O–H groups in total. The van der Waals surface area contributed by atoms with Gasteiger partial charge in [-0.25, -0.2) is 22.4 Å². The summed E-state index contributed by atoms with van der Waals surface area (Å²) < 4.78 is 57.5. The van der Waals surface area contributed by atoms with Crippen LogP contribution >= 0.6 is 0 Å². The molecule has 0 aromatic heterocycles. The molecule has 2 aromatic rings. The minimum atomic E-state index is -0.902. The summed E-state index contributed by atoms with van der Waals surface area (Å²) in [5, 5.41) is 5.59. The van der Waals surface area contributed by atoms with Gasteiger partial charge in [0.2, 0.25) is 0 Å². The molecule has 9 nitrogen and oxygen atoms in total. The van der Waals surface area contributed by atoms with Crippen molar-refractivity contribution < 1.29 is 31.9 Å². The average molecular weight is 555 g/mol. The number of nitrogens with one attached hydrogen (secondary N) is 1. The van der Waals surface area contributed by atoms with Crippen LogP contribution in [0.2, 0.25) is 0 Å². The molecule has 0 saturated carbocycles. The highest BCUT2D eigenvalue weighted by Crippen LogP contribution is 2.21. The summed E-state index contributed by atoms with van der Waals surface area (Å²) in [4.78, 5) is 28.5. The molecular weight excluding hydrogens is 520 g/mol. The molecule has 2 aromatic carbocycles. The van der Waals surface area contributed by atoms with Crippen molar-refractivity contribution in [3.8, 4) is 0 Å². The zero-order valence-electron chi connectivity index (χ0n) is 22.6. The van der Waals surface area contributed by atoms with E-state index >= 15 is 0 Å². The number of rotatable bonds is 6. The van der Waals surface area contributed by atoms with E-state index in [0.29, 0.717) is 0 Å². The number of hydrogen-bond acceptors (Lipinski definition) is 6. The summed E-state index contributed by atoms with van der Waals surface area (Å²) in [6.45, 7) is 10.0. The van der Waals surface area contributed by atoms with Gasteiger partial charge in [-0.1, -0.05) is 20.8 Å². The lowest BCUT2D eigenvalue weighted by atomic mass is 9.84. The van der Waals surface area contributed by atoms with E-state index < -0.39 is 58.7 Å². The van der Waals surface area contributed by atoms with E-state index in [1.165, 1.54) is 0 Å². The minimum Gasteiger partial charge on any atom is -0.444 e. The maximum Gasteiger partial charge on any atom is 0.408 e. The van der Waals surface area contributed by atoms with Crippen LogP contribution in [0.15, 0.2) is 46.5 Å². The zero-order valence-corrected chi connectivity index (χ0v) is 22.6. The number of alkyl carbamates (subject to hydrolysis) is 1. The molecule has 13 heteroatoms. The molecule has 0 aliphatic rings. The van der Waals surface area contributed by atoms with Crippen molar-refractivity contribution in [3.63, 3.8) is 0 Å².